The summed E-state index contributed by atoms with van der Waals surface area (Å²) in [6.45, 7) is 2.20. The third-order valence-corrected chi connectivity index (χ3v) is 2.42. The van der Waals surface area contributed by atoms with Crippen molar-refractivity contribution in [2.24, 2.45) is 11.8 Å². The fourth-order valence-corrected chi connectivity index (χ4v) is 1.74. The van der Waals surface area contributed by atoms with E-state index >= 15 is 0 Å². The van der Waals surface area contributed by atoms with E-state index in [0.29, 0.717) is 6.04 Å². The van der Waals surface area contributed by atoms with Crippen LogP contribution >= 0.6 is 0 Å². The van der Waals surface area contributed by atoms with Crippen molar-refractivity contribution in [1.82, 2.24) is 5.01 Å². The van der Waals surface area contributed by atoms with Gasteiger partial charge in [-0.3, -0.25) is 5.84 Å². The second kappa shape index (κ2) is 1.25. The predicted molar refractivity (Wildman–Crippen MR) is 32.0 cm³/mol. The minimum absolute atomic E-state index is 0.652. The van der Waals surface area contributed by atoms with E-state index in [2.05, 4.69) is 6.92 Å². The molecule has 0 bridgehead atoms. The third-order valence-electron chi connectivity index (χ3n) is 2.42. The molecule has 0 spiro atoms. The Kier molecular flexibility index (Phi) is 0.746. The van der Waals surface area contributed by atoms with Gasteiger partial charge in [0.15, 0.2) is 0 Å². The lowest BCUT2D eigenvalue weighted by Crippen LogP contribution is -2.36. The van der Waals surface area contributed by atoms with Gasteiger partial charge in [-0.25, -0.2) is 5.01 Å². The average molecular weight is 112 g/mol. The molecule has 0 aromatic carbocycles. The van der Waals surface area contributed by atoms with Crippen LogP contribution < -0.4 is 5.84 Å². The molecule has 8 heavy (non-hydrogen) atoms. The van der Waals surface area contributed by atoms with Crippen molar-refractivity contribution < 1.29 is 0 Å². The van der Waals surface area contributed by atoms with Crippen LogP contribution in [0.15, 0.2) is 0 Å². The molecular formula is C6H12N2. The van der Waals surface area contributed by atoms with E-state index in [1.807, 2.05) is 5.01 Å². The Morgan fingerprint density at radius 2 is 2.25 bits per heavy atom. The highest BCUT2D eigenvalue weighted by molar-refractivity contribution is 5.02. The second-order valence-electron chi connectivity index (χ2n) is 3.10. The number of hydrogen-bond donors (Lipinski definition) is 1. The monoisotopic (exact) mass is 112 g/mol. The molecule has 1 saturated carbocycles. The minimum atomic E-state index is 0.652. The molecule has 2 N–H and O–H groups in total. The maximum atomic E-state index is 5.70. The molecule has 2 heteroatoms. The molecule has 1 aliphatic carbocycles. The third kappa shape index (κ3) is 0.446. The number of nitrogens with zero attached hydrogens (tertiary/aromatic N) is 1. The van der Waals surface area contributed by atoms with Crippen molar-refractivity contribution in [3.8, 4) is 0 Å². The molecule has 2 rings (SSSR count). The van der Waals surface area contributed by atoms with Gasteiger partial charge in [-0.1, -0.05) is 0 Å². The van der Waals surface area contributed by atoms with E-state index < -0.39 is 0 Å². The second-order valence-corrected chi connectivity index (χ2v) is 3.10. The van der Waals surface area contributed by atoms with Gasteiger partial charge in [-0.2, -0.15) is 0 Å². The lowest BCUT2D eigenvalue weighted by Gasteiger charge is -2.16. The molecule has 2 aliphatic rings. The molecule has 2 fully saturated rings. The molecular weight excluding hydrogens is 100 g/mol. The standard InChI is InChI=1S/C6H12N2/c1-4-2-5-3-6(5)8(4)7/h4-6H,2-3,7H2,1H3. The summed E-state index contributed by atoms with van der Waals surface area (Å²) in [6.07, 6.45) is 2.70. The number of hydrazine groups is 1. The zero-order chi connectivity index (χ0) is 5.72. The van der Waals surface area contributed by atoms with E-state index in [1.54, 1.807) is 0 Å². The zero-order valence-corrected chi connectivity index (χ0v) is 5.17. The van der Waals surface area contributed by atoms with E-state index in [9.17, 15) is 0 Å². The van der Waals surface area contributed by atoms with Crippen molar-refractivity contribution in [2.45, 2.75) is 31.8 Å². The average Bonchev–Trinajstić information content (AvgIpc) is 2.39. The smallest absolute Gasteiger partial charge is 0.0276 e. The van der Waals surface area contributed by atoms with Crippen LogP contribution in [0.25, 0.3) is 0 Å². The molecule has 1 heterocycles. The molecule has 0 radical (unpaired) electrons. The first-order valence-corrected chi connectivity index (χ1v) is 3.32. The van der Waals surface area contributed by atoms with E-state index in [-0.39, 0.29) is 0 Å². The summed E-state index contributed by atoms with van der Waals surface area (Å²) >= 11 is 0. The van der Waals surface area contributed by atoms with Crippen molar-refractivity contribution in [1.29, 1.82) is 0 Å². The topological polar surface area (TPSA) is 29.3 Å². The fourth-order valence-electron chi connectivity index (χ4n) is 1.74. The largest absolute Gasteiger partial charge is 0.268 e. The predicted octanol–water partition coefficient (Wildman–Crippen LogP) is 0.343. The number of rotatable bonds is 0. The Labute approximate surface area is 49.6 Å². The van der Waals surface area contributed by atoms with Crippen molar-refractivity contribution in [2.75, 3.05) is 0 Å². The van der Waals surface area contributed by atoms with E-state index in [0.717, 1.165) is 12.0 Å². The SMILES string of the molecule is CC1CC2CC2N1N. The van der Waals surface area contributed by atoms with Crippen LogP contribution in [0.5, 0.6) is 0 Å². The fraction of sp³-hybridized carbons (Fsp3) is 1.00. The van der Waals surface area contributed by atoms with Gasteiger partial charge in [0.25, 0.3) is 0 Å². The highest BCUT2D eigenvalue weighted by Crippen LogP contribution is 2.45. The first-order valence-electron chi connectivity index (χ1n) is 3.32. The van der Waals surface area contributed by atoms with Gasteiger partial charge >= 0.3 is 0 Å². The molecule has 2 nitrogen and oxygen atoms in total. The first-order chi connectivity index (χ1) is 3.79. The molecule has 0 aromatic rings. The molecule has 0 aromatic heterocycles. The van der Waals surface area contributed by atoms with Crippen LogP contribution in [-0.4, -0.2) is 17.1 Å². The van der Waals surface area contributed by atoms with Crippen LogP contribution in [0.2, 0.25) is 0 Å². The van der Waals surface area contributed by atoms with Crippen LogP contribution in [0, 0.1) is 5.92 Å². The van der Waals surface area contributed by atoms with Crippen molar-refractivity contribution in [3.05, 3.63) is 0 Å². The van der Waals surface area contributed by atoms with Gasteiger partial charge in [0.1, 0.15) is 0 Å². The lowest BCUT2D eigenvalue weighted by atomic mass is 10.2. The van der Waals surface area contributed by atoms with Gasteiger partial charge in [-0.15, -0.1) is 0 Å². The zero-order valence-electron chi connectivity index (χ0n) is 5.17. The summed E-state index contributed by atoms with van der Waals surface area (Å²) in [6, 6.07) is 1.42. The maximum absolute atomic E-state index is 5.70. The maximum Gasteiger partial charge on any atom is 0.0276 e. The summed E-state index contributed by atoms with van der Waals surface area (Å²) in [5.74, 6) is 6.66. The Bertz CT molecular complexity index is 111. The van der Waals surface area contributed by atoms with E-state index in [1.165, 1.54) is 12.8 Å². The Morgan fingerprint density at radius 3 is 2.50 bits per heavy atom. The van der Waals surface area contributed by atoms with Gasteiger partial charge < -0.3 is 0 Å². The number of piperidine rings is 1. The number of hydrogen-bond acceptors (Lipinski definition) is 2. The molecule has 3 atom stereocenters. The van der Waals surface area contributed by atoms with Gasteiger partial charge in [0, 0.05) is 12.1 Å². The summed E-state index contributed by atoms with van der Waals surface area (Å²) in [5, 5.41) is 2.02. The van der Waals surface area contributed by atoms with Crippen LogP contribution in [0.1, 0.15) is 19.8 Å². The van der Waals surface area contributed by atoms with Gasteiger partial charge in [0.05, 0.1) is 0 Å². The number of nitrogens with two attached hydrogens (primary N) is 1. The molecule has 3 unspecified atom stereocenters. The summed E-state index contributed by atoms with van der Waals surface area (Å²) < 4.78 is 0. The highest BCUT2D eigenvalue weighted by atomic mass is 15.5. The van der Waals surface area contributed by atoms with Gasteiger partial charge in [0.2, 0.25) is 0 Å². The molecule has 46 valence electrons. The summed E-state index contributed by atoms with van der Waals surface area (Å²) in [7, 11) is 0. The van der Waals surface area contributed by atoms with Gasteiger partial charge in [-0.05, 0) is 25.7 Å². The van der Waals surface area contributed by atoms with Crippen LogP contribution in [0.4, 0.5) is 0 Å². The molecule has 1 saturated heterocycles. The van der Waals surface area contributed by atoms with Crippen molar-refractivity contribution in [3.63, 3.8) is 0 Å². The van der Waals surface area contributed by atoms with Crippen LogP contribution in [-0.2, 0) is 0 Å². The minimum Gasteiger partial charge on any atom is -0.268 e. The first kappa shape index (κ1) is 4.77. The normalized spacial score (nSPS) is 54.0. The highest BCUT2D eigenvalue weighted by Gasteiger charge is 2.49. The van der Waals surface area contributed by atoms with E-state index in [4.69, 9.17) is 5.84 Å². The quantitative estimate of drug-likeness (QED) is 0.458. The molecule has 0 amide bonds. The van der Waals surface area contributed by atoms with Crippen molar-refractivity contribution >= 4 is 0 Å². The summed E-state index contributed by atoms with van der Waals surface area (Å²) in [4.78, 5) is 0. The Morgan fingerprint density at radius 1 is 1.50 bits per heavy atom. The Balaban J connectivity index is 2.08. The number of fused-ring (bicyclic) bond motifs is 1. The lowest BCUT2D eigenvalue weighted by molar-refractivity contribution is 0.238. The summed E-state index contributed by atoms with van der Waals surface area (Å²) in [5.41, 5.74) is 0. The molecule has 1 aliphatic heterocycles. The Hall–Kier alpha value is -0.0800. The van der Waals surface area contributed by atoms with Crippen LogP contribution in [0.3, 0.4) is 0 Å².